The molecule has 0 bridgehead atoms. The molecule has 1 unspecified atom stereocenters. The number of furan rings is 1. The Morgan fingerprint density at radius 1 is 1.10 bits per heavy atom. The van der Waals surface area contributed by atoms with Gasteiger partial charge in [0.05, 0.1) is 24.4 Å². The van der Waals surface area contributed by atoms with Crippen LogP contribution in [0.1, 0.15) is 22.9 Å². The number of H-pyrrole nitrogens is 1. The molecule has 7 nitrogen and oxygen atoms in total. The van der Waals surface area contributed by atoms with Crippen molar-refractivity contribution >= 4 is 28.4 Å². The summed E-state index contributed by atoms with van der Waals surface area (Å²) in [5.74, 6) is -1.08. The summed E-state index contributed by atoms with van der Waals surface area (Å²) in [6.45, 7) is 0.106. The fourth-order valence-corrected chi connectivity index (χ4v) is 3.92. The van der Waals surface area contributed by atoms with E-state index < -0.39 is 17.7 Å². The summed E-state index contributed by atoms with van der Waals surface area (Å²) in [7, 11) is 0. The number of hydrogen-bond donors (Lipinski definition) is 2. The number of nitrogens with zero attached hydrogens (tertiary/aromatic N) is 2. The van der Waals surface area contributed by atoms with Gasteiger partial charge in [-0.15, -0.1) is 0 Å². The monoisotopic (exact) mass is 399 g/mol. The molecule has 0 radical (unpaired) electrons. The number of aromatic amines is 1. The van der Waals surface area contributed by atoms with Crippen molar-refractivity contribution in [3.05, 3.63) is 95.8 Å². The normalized spacial score (nSPS) is 18.4. The second-order valence-electron chi connectivity index (χ2n) is 7.03. The highest BCUT2D eigenvalue weighted by Crippen LogP contribution is 2.41. The summed E-state index contributed by atoms with van der Waals surface area (Å²) in [5, 5.41) is 12.0. The van der Waals surface area contributed by atoms with Crippen molar-refractivity contribution in [1.82, 2.24) is 14.9 Å². The number of aromatic nitrogens is 2. The van der Waals surface area contributed by atoms with E-state index in [4.69, 9.17) is 4.42 Å². The first-order chi connectivity index (χ1) is 14.6. The lowest BCUT2D eigenvalue weighted by molar-refractivity contribution is -0.140. The van der Waals surface area contributed by atoms with E-state index in [0.29, 0.717) is 16.9 Å². The number of benzene rings is 1. The highest BCUT2D eigenvalue weighted by molar-refractivity contribution is 6.46. The maximum absolute atomic E-state index is 13.0. The Labute approximate surface area is 171 Å². The predicted molar refractivity (Wildman–Crippen MR) is 109 cm³/mol. The third-order valence-corrected chi connectivity index (χ3v) is 5.31. The number of pyridine rings is 1. The molecule has 3 aromatic heterocycles. The van der Waals surface area contributed by atoms with Gasteiger partial charge in [0, 0.05) is 35.1 Å². The first-order valence-electron chi connectivity index (χ1n) is 9.42. The molecule has 5 rings (SSSR count). The number of aliphatic hydroxyl groups is 1. The highest BCUT2D eigenvalue weighted by atomic mass is 16.3. The summed E-state index contributed by atoms with van der Waals surface area (Å²) < 4.78 is 5.39. The van der Waals surface area contributed by atoms with E-state index in [2.05, 4.69) is 9.97 Å². The van der Waals surface area contributed by atoms with Crippen molar-refractivity contribution < 1.29 is 19.1 Å². The average molecular weight is 399 g/mol. The molecule has 1 atom stereocenters. The van der Waals surface area contributed by atoms with E-state index in [1.165, 1.54) is 11.2 Å². The number of aliphatic hydroxyl groups excluding tert-OH is 1. The van der Waals surface area contributed by atoms with Gasteiger partial charge in [-0.1, -0.05) is 18.2 Å². The maximum atomic E-state index is 13.0. The van der Waals surface area contributed by atoms with Gasteiger partial charge in [0.15, 0.2) is 0 Å². The Morgan fingerprint density at radius 2 is 1.90 bits per heavy atom. The minimum absolute atomic E-state index is 0.0440. The molecular formula is C23H17N3O4. The number of carbonyl (C=O) groups excluding carboxylic acids is 2. The van der Waals surface area contributed by atoms with Gasteiger partial charge in [-0.2, -0.15) is 0 Å². The van der Waals surface area contributed by atoms with Gasteiger partial charge in [-0.3, -0.25) is 14.6 Å². The molecule has 0 aliphatic carbocycles. The second kappa shape index (κ2) is 7.04. The molecule has 1 saturated heterocycles. The molecular weight excluding hydrogens is 382 g/mol. The zero-order valence-corrected chi connectivity index (χ0v) is 15.8. The molecule has 1 aromatic carbocycles. The van der Waals surface area contributed by atoms with Gasteiger partial charge in [0.1, 0.15) is 11.5 Å². The van der Waals surface area contributed by atoms with Crippen molar-refractivity contribution in [2.45, 2.75) is 12.6 Å². The van der Waals surface area contributed by atoms with Gasteiger partial charge in [-0.05, 0) is 35.9 Å². The third-order valence-electron chi connectivity index (χ3n) is 5.31. The number of amides is 1. The smallest absolute Gasteiger partial charge is 0.296 e. The molecule has 148 valence electrons. The molecule has 30 heavy (non-hydrogen) atoms. The lowest BCUT2D eigenvalue weighted by Gasteiger charge is -2.24. The fraction of sp³-hybridized carbons (Fsp3) is 0.0870. The number of likely N-dealkylation sites (tertiary alicyclic amines) is 1. The summed E-state index contributed by atoms with van der Waals surface area (Å²) in [6, 6.07) is 13.6. The molecule has 0 saturated carbocycles. The van der Waals surface area contributed by atoms with Crippen LogP contribution in [-0.4, -0.2) is 31.7 Å². The molecule has 1 aliphatic rings. The van der Waals surface area contributed by atoms with Gasteiger partial charge >= 0.3 is 0 Å². The molecule has 4 aromatic rings. The number of Topliss-reactive ketones (excluding diaryl/α,β-unsaturated/α-hetero) is 1. The van der Waals surface area contributed by atoms with E-state index in [1.54, 1.807) is 42.9 Å². The minimum atomic E-state index is -0.758. The highest BCUT2D eigenvalue weighted by Gasteiger charge is 2.46. The van der Waals surface area contributed by atoms with Crippen LogP contribution in [0.25, 0.3) is 16.7 Å². The largest absolute Gasteiger partial charge is 0.507 e. The quantitative estimate of drug-likeness (QED) is 0.309. The fourth-order valence-electron chi connectivity index (χ4n) is 3.92. The van der Waals surface area contributed by atoms with Crippen LogP contribution in [0.5, 0.6) is 0 Å². The molecule has 0 spiro atoms. The predicted octanol–water partition coefficient (Wildman–Crippen LogP) is 3.78. The van der Waals surface area contributed by atoms with E-state index in [9.17, 15) is 14.7 Å². The number of ketones is 1. The van der Waals surface area contributed by atoms with Crippen molar-refractivity contribution in [3.63, 3.8) is 0 Å². The number of hydrogen-bond acceptors (Lipinski definition) is 5. The van der Waals surface area contributed by atoms with Crippen LogP contribution >= 0.6 is 0 Å². The number of nitrogens with one attached hydrogen (secondary N) is 1. The van der Waals surface area contributed by atoms with E-state index >= 15 is 0 Å². The van der Waals surface area contributed by atoms with Crippen molar-refractivity contribution in [1.29, 1.82) is 0 Å². The molecule has 1 aliphatic heterocycles. The van der Waals surface area contributed by atoms with Crippen molar-refractivity contribution in [2.75, 3.05) is 0 Å². The summed E-state index contributed by atoms with van der Waals surface area (Å²) in [4.78, 5) is 34.5. The van der Waals surface area contributed by atoms with Gasteiger partial charge in [0.2, 0.25) is 0 Å². The molecule has 2 N–H and O–H groups in total. The van der Waals surface area contributed by atoms with Crippen LogP contribution in [-0.2, 0) is 16.1 Å². The lowest BCUT2D eigenvalue weighted by Crippen LogP contribution is -2.29. The number of para-hydroxylation sites is 1. The Kier molecular flexibility index (Phi) is 4.21. The van der Waals surface area contributed by atoms with Crippen LogP contribution in [0.3, 0.4) is 0 Å². The number of carbonyl (C=O) groups is 2. The minimum Gasteiger partial charge on any atom is -0.507 e. The first-order valence-corrected chi connectivity index (χ1v) is 9.42. The van der Waals surface area contributed by atoms with Crippen LogP contribution in [0.4, 0.5) is 0 Å². The summed E-state index contributed by atoms with van der Waals surface area (Å²) in [6.07, 6.45) is 6.34. The van der Waals surface area contributed by atoms with Crippen LogP contribution in [0.15, 0.2) is 83.4 Å². The van der Waals surface area contributed by atoms with Crippen molar-refractivity contribution in [2.24, 2.45) is 0 Å². The zero-order chi connectivity index (χ0) is 20.7. The van der Waals surface area contributed by atoms with Crippen molar-refractivity contribution in [3.8, 4) is 0 Å². The van der Waals surface area contributed by atoms with E-state index in [0.717, 1.165) is 10.9 Å². The SMILES string of the molecule is O=C1C(=O)N(Cc2ccco2)C(c2ccncc2)/C1=C(/O)c1c[nH]c2ccccc12. The Morgan fingerprint density at radius 3 is 2.67 bits per heavy atom. The second-order valence-corrected chi connectivity index (χ2v) is 7.03. The topological polar surface area (TPSA) is 99.4 Å². The van der Waals surface area contributed by atoms with Crippen LogP contribution in [0, 0.1) is 0 Å². The average Bonchev–Trinajstić information content (AvgIpc) is 3.49. The Balaban J connectivity index is 1.69. The lowest BCUT2D eigenvalue weighted by atomic mass is 9.96. The maximum Gasteiger partial charge on any atom is 0.296 e. The van der Waals surface area contributed by atoms with Crippen LogP contribution in [0.2, 0.25) is 0 Å². The Bertz CT molecular complexity index is 1270. The molecule has 7 heteroatoms. The van der Waals surface area contributed by atoms with E-state index in [1.807, 2.05) is 24.3 Å². The Hall–Kier alpha value is -4.13. The molecule has 4 heterocycles. The first kappa shape index (κ1) is 17.9. The molecule has 1 amide bonds. The third kappa shape index (κ3) is 2.79. The number of fused-ring (bicyclic) bond motifs is 1. The van der Waals surface area contributed by atoms with E-state index in [-0.39, 0.29) is 17.9 Å². The standard InChI is InChI=1S/C23H17N3O4/c27-21(17-12-25-18-6-2-1-5-16(17)18)19-20(14-7-9-24-10-8-14)26(23(29)22(19)28)13-15-4-3-11-30-15/h1-12,20,25,27H,13H2/b21-19-. The van der Waals surface area contributed by atoms with Crippen LogP contribution < -0.4 is 0 Å². The molecule has 1 fully saturated rings. The van der Waals surface area contributed by atoms with Gasteiger partial charge in [-0.25, -0.2) is 0 Å². The summed E-state index contributed by atoms with van der Waals surface area (Å²) >= 11 is 0. The zero-order valence-electron chi connectivity index (χ0n) is 15.8. The number of rotatable bonds is 4. The van der Waals surface area contributed by atoms with Gasteiger partial charge < -0.3 is 19.4 Å². The van der Waals surface area contributed by atoms with Gasteiger partial charge in [0.25, 0.3) is 11.7 Å². The summed E-state index contributed by atoms with van der Waals surface area (Å²) in [5.41, 5.74) is 2.02.